The first kappa shape index (κ1) is 15.3. The van der Waals surface area contributed by atoms with Gasteiger partial charge in [0.2, 0.25) is 10.0 Å². The first-order valence-electron chi connectivity index (χ1n) is 7.05. The summed E-state index contributed by atoms with van der Waals surface area (Å²) in [6.07, 6.45) is 4.99. The van der Waals surface area contributed by atoms with Crippen molar-refractivity contribution in [3.05, 3.63) is 24.3 Å². The summed E-state index contributed by atoms with van der Waals surface area (Å²) in [4.78, 5) is 2.40. The zero-order chi connectivity index (χ0) is 14.6. The van der Waals surface area contributed by atoms with Gasteiger partial charge in [0, 0.05) is 19.1 Å². The summed E-state index contributed by atoms with van der Waals surface area (Å²) in [5.41, 5.74) is 5.99. The van der Waals surface area contributed by atoms with Crippen molar-refractivity contribution in [2.24, 2.45) is 0 Å². The van der Waals surface area contributed by atoms with E-state index in [0.29, 0.717) is 12.6 Å². The second-order valence-corrected chi connectivity index (χ2v) is 7.09. The molecule has 0 amide bonds. The molecule has 1 aromatic carbocycles. The summed E-state index contributed by atoms with van der Waals surface area (Å²) >= 11 is 0. The smallest absolute Gasteiger partial charge is 0.242 e. The van der Waals surface area contributed by atoms with Gasteiger partial charge in [-0.3, -0.25) is 0 Å². The summed E-state index contributed by atoms with van der Waals surface area (Å²) in [6, 6.07) is 7.12. The molecule has 1 fully saturated rings. The number of nitrogens with one attached hydrogen (secondary N) is 1. The fourth-order valence-electron chi connectivity index (χ4n) is 2.69. The Hall–Kier alpha value is -1.11. The summed E-state index contributed by atoms with van der Waals surface area (Å²) < 4.78 is 26.9. The van der Waals surface area contributed by atoms with E-state index < -0.39 is 10.0 Å². The van der Waals surface area contributed by atoms with Crippen LogP contribution in [0.1, 0.15) is 25.7 Å². The highest BCUT2D eigenvalue weighted by molar-refractivity contribution is 7.89. The molecule has 1 aromatic rings. The van der Waals surface area contributed by atoms with Crippen LogP contribution in [0.5, 0.6) is 0 Å². The Balaban J connectivity index is 1.88. The van der Waals surface area contributed by atoms with Crippen LogP contribution in [0.25, 0.3) is 0 Å². The van der Waals surface area contributed by atoms with Crippen molar-refractivity contribution in [3.8, 4) is 0 Å². The molecule has 2 rings (SSSR count). The average molecular weight is 297 g/mol. The van der Waals surface area contributed by atoms with Crippen molar-refractivity contribution in [1.82, 2.24) is 9.62 Å². The maximum atomic E-state index is 12.1. The lowest BCUT2D eigenvalue weighted by Crippen LogP contribution is -2.37. The summed E-state index contributed by atoms with van der Waals surface area (Å²) in [5, 5.41) is 0. The van der Waals surface area contributed by atoms with E-state index in [1.807, 2.05) is 0 Å². The van der Waals surface area contributed by atoms with Crippen LogP contribution in [-0.2, 0) is 10.0 Å². The van der Waals surface area contributed by atoms with Crippen molar-refractivity contribution >= 4 is 15.7 Å². The monoisotopic (exact) mass is 297 g/mol. The van der Waals surface area contributed by atoms with Crippen molar-refractivity contribution < 1.29 is 8.42 Å². The molecule has 0 spiro atoms. The molecule has 1 saturated carbocycles. The Labute approximate surface area is 121 Å². The molecule has 3 N–H and O–H groups in total. The number of nitrogens with two attached hydrogens (primary N) is 1. The first-order valence-corrected chi connectivity index (χ1v) is 8.53. The van der Waals surface area contributed by atoms with Gasteiger partial charge in [-0.2, -0.15) is 0 Å². The second-order valence-electron chi connectivity index (χ2n) is 5.35. The Morgan fingerprint density at radius 3 is 2.60 bits per heavy atom. The van der Waals surface area contributed by atoms with Gasteiger partial charge in [0.25, 0.3) is 0 Å². The number of nitrogens with zero attached hydrogens (tertiary/aromatic N) is 1. The predicted molar refractivity (Wildman–Crippen MR) is 80.9 cm³/mol. The van der Waals surface area contributed by atoms with Crippen molar-refractivity contribution in [2.45, 2.75) is 36.6 Å². The molecule has 0 atom stereocenters. The fraction of sp³-hybridized carbons (Fsp3) is 0.571. The molecule has 0 saturated heterocycles. The normalized spacial score (nSPS) is 16.9. The largest absolute Gasteiger partial charge is 0.398 e. The Morgan fingerprint density at radius 2 is 1.95 bits per heavy atom. The first-order chi connectivity index (χ1) is 9.50. The van der Waals surface area contributed by atoms with E-state index in [4.69, 9.17) is 5.73 Å². The van der Waals surface area contributed by atoms with Crippen LogP contribution in [0.3, 0.4) is 0 Å². The van der Waals surface area contributed by atoms with E-state index in [1.54, 1.807) is 18.2 Å². The molecular weight excluding hydrogens is 274 g/mol. The number of nitrogen functional groups attached to an aromatic ring is 1. The maximum Gasteiger partial charge on any atom is 0.242 e. The zero-order valence-corrected chi connectivity index (χ0v) is 12.7. The molecule has 0 radical (unpaired) electrons. The molecule has 112 valence electrons. The standard InChI is InChI=1S/C14H23N3O2S/c1-17(12-6-2-3-7-12)11-10-16-20(18,19)14-9-5-4-8-13(14)15/h4-5,8-9,12,16H,2-3,6-7,10-11,15H2,1H3. The van der Waals surface area contributed by atoms with Crippen LogP contribution < -0.4 is 10.5 Å². The Kier molecular flexibility index (Phi) is 5.01. The molecule has 6 heteroatoms. The van der Waals surface area contributed by atoms with Gasteiger partial charge in [-0.05, 0) is 32.0 Å². The number of hydrogen-bond donors (Lipinski definition) is 2. The minimum absolute atomic E-state index is 0.156. The lowest BCUT2D eigenvalue weighted by atomic mass is 10.2. The van der Waals surface area contributed by atoms with E-state index >= 15 is 0 Å². The van der Waals surface area contributed by atoms with E-state index in [1.165, 1.54) is 31.7 Å². The molecular formula is C14H23N3O2S. The van der Waals surface area contributed by atoms with Gasteiger partial charge in [0.1, 0.15) is 4.90 Å². The third-order valence-corrected chi connectivity index (χ3v) is 5.45. The third kappa shape index (κ3) is 3.71. The van der Waals surface area contributed by atoms with Gasteiger partial charge in [-0.15, -0.1) is 0 Å². The molecule has 1 aliphatic rings. The minimum atomic E-state index is -3.51. The van der Waals surface area contributed by atoms with E-state index in [9.17, 15) is 8.42 Å². The van der Waals surface area contributed by atoms with Crippen LogP contribution in [0.4, 0.5) is 5.69 Å². The van der Waals surface area contributed by atoms with Crippen LogP contribution in [0.15, 0.2) is 29.2 Å². The fourth-order valence-corrected chi connectivity index (χ4v) is 3.84. The van der Waals surface area contributed by atoms with Crippen LogP contribution in [-0.4, -0.2) is 39.5 Å². The van der Waals surface area contributed by atoms with Crippen molar-refractivity contribution in [1.29, 1.82) is 0 Å². The van der Waals surface area contributed by atoms with Crippen LogP contribution >= 0.6 is 0 Å². The Morgan fingerprint density at radius 1 is 1.30 bits per heavy atom. The molecule has 20 heavy (non-hydrogen) atoms. The van der Waals surface area contributed by atoms with Crippen LogP contribution in [0, 0.1) is 0 Å². The number of likely N-dealkylation sites (N-methyl/N-ethyl adjacent to an activating group) is 1. The van der Waals surface area contributed by atoms with Crippen molar-refractivity contribution in [2.75, 3.05) is 25.9 Å². The molecule has 5 nitrogen and oxygen atoms in total. The summed E-state index contributed by atoms with van der Waals surface area (Å²) in [7, 11) is -1.46. The lowest BCUT2D eigenvalue weighted by molar-refractivity contribution is 0.250. The number of rotatable bonds is 6. The minimum Gasteiger partial charge on any atom is -0.398 e. The molecule has 0 aromatic heterocycles. The highest BCUT2D eigenvalue weighted by Gasteiger charge is 2.20. The highest BCUT2D eigenvalue weighted by atomic mass is 32.2. The number of sulfonamides is 1. The van der Waals surface area contributed by atoms with Gasteiger partial charge in [-0.25, -0.2) is 13.1 Å². The summed E-state index contributed by atoms with van der Waals surface area (Å²) in [5.74, 6) is 0. The average Bonchev–Trinajstić information content (AvgIpc) is 2.92. The van der Waals surface area contributed by atoms with E-state index in [-0.39, 0.29) is 10.6 Å². The van der Waals surface area contributed by atoms with E-state index in [0.717, 1.165) is 6.54 Å². The van der Waals surface area contributed by atoms with Gasteiger partial charge in [0.05, 0.1) is 5.69 Å². The van der Waals surface area contributed by atoms with Gasteiger partial charge in [-0.1, -0.05) is 25.0 Å². The van der Waals surface area contributed by atoms with Gasteiger partial charge < -0.3 is 10.6 Å². The Bertz CT molecular complexity index is 539. The molecule has 0 aliphatic heterocycles. The highest BCUT2D eigenvalue weighted by Crippen LogP contribution is 2.22. The van der Waals surface area contributed by atoms with Gasteiger partial charge >= 0.3 is 0 Å². The SMILES string of the molecule is CN(CCNS(=O)(=O)c1ccccc1N)C1CCCC1. The third-order valence-electron chi connectivity index (χ3n) is 3.91. The lowest BCUT2D eigenvalue weighted by Gasteiger charge is -2.23. The molecule has 0 bridgehead atoms. The number of para-hydroxylation sites is 1. The number of benzene rings is 1. The number of hydrogen-bond acceptors (Lipinski definition) is 4. The quantitative estimate of drug-likeness (QED) is 0.779. The molecule has 1 aliphatic carbocycles. The molecule has 0 unspecified atom stereocenters. The van der Waals surface area contributed by atoms with Crippen LogP contribution in [0.2, 0.25) is 0 Å². The van der Waals surface area contributed by atoms with E-state index in [2.05, 4.69) is 16.7 Å². The predicted octanol–water partition coefficient (Wildman–Crippen LogP) is 1.42. The van der Waals surface area contributed by atoms with Crippen molar-refractivity contribution in [3.63, 3.8) is 0 Å². The number of anilines is 1. The van der Waals surface area contributed by atoms with Gasteiger partial charge in [0.15, 0.2) is 0 Å². The maximum absolute atomic E-state index is 12.1. The second kappa shape index (κ2) is 6.56. The summed E-state index contributed by atoms with van der Waals surface area (Å²) in [6.45, 7) is 1.13. The zero-order valence-electron chi connectivity index (χ0n) is 11.9. The molecule has 0 heterocycles. The topological polar surface area (TPSA) is 75.4 Å².